The highest BCUT2D eigenvalue weighted by Crippen LogP contribution is 2.23. The van der Waals surface area contributed by atoms with E-state index < -0.39 is 6.04 Å². The number of nitrogens with one attached hydrogen (secondary N) is 3. The van der Waals surface area contributed by atoms with Crippen molar-refractivity contribution in [3.05, 3.63) is 34.9 Å². The maximum atomic E-state index is 12.9. The largest absolute Gasteiger partial charge is 0.352 e. The third-order valence-corrected chi connectivity index (χ3v) is 5.64. The lowest BCUT2D eigenvalue weighted by molar-refractivity contribution is -0.125. The van der Waals surface area contributed by atoms with Crippen LogP contribution in [0.2, 0.25) is 5.02 Å². The molecule has 1 aromatic rings. The van der Waals surface area contributed by atoms with Crippen LogP contribution in [0.15, 0.2) is 24.3 Å². The van der Waals surface area contributed by atoms with Gasteiger partial charge in [0.2, 0.25) is 5.91 Å². The molecule has 1 aliphatic rings. The van der Waals surface area contributed by atoms with Crippen LogP contribution < -0.4 is 16.0 Å². The molecule has 8 heteroatoms. The van der Waals surface area contributed by atoms with Crippen LogP contribution in [-0.2, 0) is 4.79 Å². The number of carbonyl (C=O) groups excluding carboxylic acids is 3. The minimum Gasteiger partial charge on any atom is -0.352 e. The summed E-state index contributed by atoms with van der Waals surface area (Å²) in [7, 11) is 0. The lowest BCUT2D eigenvalue weighted by atomic mass is 9.88. The Morgan fingerprint density at radius 1 is 1.14 bits per heavy atom. The molecule has 0 unspecified atom stereocenters. The Morgan fingerprint density at radius 3 is 2.38 bits per heavy atom. The molecule has 29 heavy (non-hydrogen) atoms. The van der Waals surface area contributed by atoms with Crippen LogP contribution in [0, 0.1) is 5.92 Å². The van der Waals surface area contributed by atoms with E-state index in [1.807, 2.05) is 20.8 Å². The first kappa shape index (κ1) is 23.0. The maximum absolute atomic E-state index is 12.9. The predicted molar refractivity (Wildman–Crippen MR) is 114 cm³/mol. The van der Waals surface area contributed by atoms with Gasteiger partial charge in [0, 0.05) is 25.7 Å². The zero-order valence-corrected chi connectivity index (χ0v) is 18.1. The van der Waals surface area contributed by atoms with Crippen molar-refractivity contribution < 1.29 is 14.4 Å². The first-order valence-electron chi connectivity index (χ1n) is 10.3. The van der Waals surface area contributed by atoms with Gasteiger partial charge in [0.25, 0.3) is 5.91 Å². The molecule has 160 valence electrons. The highest BCUT2D eigenvalue weighted by atomic mass is 35.5. The van der Waals surface area contributed by atoms with Gasteiger partial charge in [-0.05, 0) is 51.2 Å². The molecule has 1 heterocycles. The first-order chi connectivity index (χ1) is 13.9. The van der Waals surface area contributed by atoms with E-state index in [2.05, 4.69) is 16.0 Å². The van der Waals surface area contributed by atoms with Crippen molar-refractivity contribution in [2.45, 2.75) is 52.1 Å². The number of benzene rings is 1. The summed E-state index contributed by atoms with van der Waals surface area (Å²) >= 11 is 6.15. The summed E-state index contributed by atoms with van der Waals surface area (Å²) in [4.78, 5) is 39.5. The van der Waals surface area contributed by atoms with E-state index in [-0.39, 0.29) is 29.8 Å². The minimum absolute atomic E-state index is 0.0117. The number of piperidine rings is 1. The van der Waals surface area contributed by atoms with Crippen LogP contribution in [0.25, 0.3) is 0 Å². The smallest absolute Gasteiger partial charge is 0.317 e. The number of urea groups is 1. The molecule has 1 fully saturated rings. The van der Waals surface area contributed by atoms with Gasteiger partial charge < -0.3 is 20.9 Å². The summed E-state index contributed by atoms with van der Waals surface area (Å²) < 4.78 is 0. The van der Waals surface area contributed by atoms with Crippen molar-refractivity contribution in [3.8, 4) is 0 Å². The molecule has 3 N–H and O–H groups in total. The van der Waals surface area contributed by atoms with Crippen molar-refractivity contribution in [2.24, 2.45) is 5.92 Å². The molecule has 1 saturated heterocycles. The summed E-state index contributed by atoms with van der Waals surface area (Å²) in [6.07, 6.45) is 2.07. The van der Waals surface area contributed by atoms with Crippen molar-refractivity contribution in [1.29, 1.82) is 0 Å². The molecule has 2 rings (SSSR count). The Kier molecular flexibility index (Phi) is 8.76. The van der Waals surface area contributed by atoms with Crippen LogP contribution in [0.3, 0.4) is 0 Å². The highest BCUT2D eigenvalue weighted by Gasteiger charge is 2.34. The molecule has 7 nitrogen and oxygen atoms in total. The number of halogens is 1. The van der Waals surface area contributed by atoms with E-state index in [0.717, 1.165) is 6.42 Å². The van der Waals surface area contributed by atoms with Gasteiger partial charge in [-0.3, -0.25) is 9.59 Å². The van der Waals surface area contributed by atoms with Crippen LogP contribution in [-0.4, -0.2) is 54.5 Å². The van der Waals surface area contributed by atoms with Crippen molar-refractivity contribution >= 4 is 29.4 Å². The van der Waals surface area contributed by atoms with Gasteiger partial charge in [-0.1, -0.05) is 30.7 Å². The summed E-state index contributed by atoms with van der Waals surface area (Å²) in [6, 6.07) is 6.02. The number of likely N-dealkylation sites (tertiary alicyclic amines) is 1. The molecule has 0 radical (unpaired) electrons. The van der Waals surface area contributed by atoms with E-state index in [0.29, 0.717) is 43.1 Å². The van der Waals surface area contributed by atoms with Gasteiger partial charge in [-0.15, -0.1) is 0 Å². The van der Waals surface area contributed by atoms with Crippen molar-refractivity contribution in [2.75, 3.05) is 19.6 Å². The highest BCUT2D eigenvalue weighted by molar-refractivity contribution is 6.33. The van der Waals surface area contributed by atoms with Gasteiger partial charge in [0.05, 0.1) is 10.6 Å². The standard InChI is InChI=1S/C21H31ClN4O3/c1-4-14(3)24-20(28)18(25-19(27)16-8-6-7-9-17(16)22)15-10-12-26(13-11-15)21(29)23-5-2/h6-9,14-15,18H,4-5,10-13H2,1-3H3,(H,23,29)(H,24,28)(H,25,27)/t14-,18-/m1/s1. The predicted octanol–water partition coefficient (Wildman–Crippen LogP) is 2.79. The molecule has 0 aliphatic carbocycles. The van der Waals surface area contributed by atoms with E-state index >= 15 is 0 Å². The van der Waals surface area contributed by atoms with Crippen LogP contribution in [0.4, 0.5) is 4.79 Å². The molecule has 1 aromatic carbocycles. The molecule has 4 amide bonds. The van der Waals surface area contributed by atoms with Crippen LogP contribution >= 0.6 is 11.6 Å². The zero-order chi connectivity index (χ0) is 21.4. The second kappa shape index (κ2) is 11.0. The minimum atomic E-state index is -0.677. The number of hydrogen-bond donors (Lipinski definition) is 3. The second-order valence-electron chi connectivity index (χ2n) is 7.41. The molecule has 0 spiro atoms. The fraction of sp³-hybridized carbons (Fsp3) is 0.571. The first-order valence-corrected chi connectivity index (χ1v) is 10.6. The molecular weight excluding hydrogens is 392 g/mol. The number of nitrogens with zero attached hydrogens (tertiary/aromatic N) is 1. The third kappa shape index (κ3) is 6.35. The summed E-state index contributed by atoms with van der Waals surface area (Å²) in [6.45, 7) is 7.48. The van der Waals surface area contributed by atoms with Crippen LogP contribution in [0.1, 0.15) is 50.4 Å². The second-order valence-corrected chi connectivity index (χ2v) is 7.82. The molecule has 0 aromatic heterocycles. The van der Waals surface area contributed by atoms with Gasteiger partial charge in [-0.2, -0.15) is 0 Å². The zero-order valence-electron chi connectivity index (χ0n) is 17.3. The normalized spacial score (nSPS) is 16.6. The Labute approximate surface area is 177 Å². The summed E-state index contributed by atoms with van der Waals surface area (Å²) in [5.41, 5.74) is 0.343. The van der Waals surface area contributed by atoms with Crippen molar-refractivity contribution in [1.82, 2.24) is 20.9 Å². The average molecular weight is 423 g/mol. The maximum Gasteiger partial charge on any atom is 0.317 e. The Balaban J connectivity index is 2.11. The molecule has 2 atom stereocenters. The fourth-order valence-corrected chi connectivity index (χ4v) is 3.62. The van der Waals surface area contributed by atoms with Gasteiger partial charge in [-0.25, -0.2) is 4.79 Å². The van der Waals surface area contributed by atoms with Crippen LogP contribution in [0.5, 0.6) is 0 Å². The van der Waals surface area contributed by atoms with E-state index in [1.165, 1.54) is 0 Å². The lowest BCUT2D eigenvalue weighted by Gasteiger charge is -2.36. The molecule has 0 bridgehead atoms. The van der Waals surface area contributed by atoms with Crippen molar-refractivity contribution in [3.63, 3.8) is 0 Å². The molecule has 1 aliphatic heterocycles. The number of carbonyl (C=O) groups is 3. The Bertz CT molecular complexity index is 720. The average Bonchev–Trinajstić information content (AvgIpc) is 2.72. The molecule has 0 saturated carbocycles. The number of hydrogen-bond acceptors (Lipinski definition) is 3. The SMILES string of the molecule is CCNC(=O)N1CCC([C@@H](NC(=O)c2ccccc2Cl)C(=O)N[C@H](C)CC)CC1. The van der Waals surface area contributed by atoms with E-state index in [4.69, 9.17) is 11.6 Å². The fourth-order valence-electron chi connectivity index (χ4n) is 3.40. The van der Waals surface area contributed by atoms with E-state index in [1.54, 1.807) is 29.2 Å². The lowest BCUT2D eigenvalue weighted by Crippen LogP contribution is -2.55. The quantitative estimate of drug-likeness (QED) is 0.631. The summed E-state index contributed by atoms with van der Waals surface area (Å²) in [5, 5.41) is 9.00. The number of rotatable bonds is 7. The Morgan fingerprint density at radius 2 is 1.79 bits per heavy atom. The molecular formula is C21H31ClN4O3. The monoisotopic (exact) mass is 422 g/mol. The number of amides is 4. The van der Waals surface area contributed by atoms with E-state index in [9.17, 15) is 14.4 Å². The third-order valence-electron chi connectivity index (χ3n) is 5.31. The summed E-state index contributed by atoms with van der Waals surface area (Å²) in [5.74, 6) is -0.626. The topological polar surface area (TPSA) is 90.5 Å². The van der Waals surface area contributed by atoms with Gasteiger partial charge in [0.15, 0.2) is 0 Å². The van der Waals surface area contributed by atoms with Gasteiger partial charge >= 0.3 is 6.03 Å². The Hall–Kier alpha value is -2.28. The van der Waals surface area contributed by atoms with Gasteiger partial charge in [0.1, 0.15) is 6.04 Å².